The number of pyridine rings is 2. The van der Waals surface area contributed by atoms with Crippen LogP contribution in [-0.2, 0) is 20.1 Å². The molecular formula is C43H31IrN4O. The fraction of sp³-hybridized carbons (Fsp3) is 0. The van der Waals surface area contributed by atoms with Crippen LogP contribution >= 0.6 is 0 Å². The fourth-order valence-electron chi connectivity index (χ4n) is 5.41. The van der Waals surface area contributed by atoms with Crippen molar-refractivity contribution in [3.8, 4) is 50.5 Å². The smallest absolute Gasteiger partial charge is 0.506 e. The Morgan fingerprint density at radius 3 is 1.67 bits per heavy atom. The zero-order chi connectivity index (χ0) is 32.5. The summed E-state index contributed by atoms with van der Waals surface area (Å²) in [6, 6.07) is 56.9. The van der Waals surface area contributed by atoms with Crippen LogP contribution in [0.3, 0.4) is 0 Å². The van der Waals surface area contributed by atoms with Gasteiger partial charge in [-0.25, -0.2) is 0 Å². The molecule has 49 heavy (non-hydrogen) atoms. The third kappa shape index (κ3) is 8.02. The summed E-state index contributed by atoms with van der Waals surface area (Å²) < 4.78 is 0. The van der Waals surface area contributed by atoms with Gasteiger partial charge in [0.05, 0.1) is 5.69 Å². The molecule has 1 N–H and O–H groups in total. The van der Waals surface area contributed by atoms with E-state index >= 15 is 0 Å². The molecular weight excluding hydrogens is 781 g/mol. The van der Waals surface area contributed by atoms with E-state index in [1.54, 1.807) is 12.1 Å². The molecule has 6 heteroatoms. The predicted molar refractivity (Wildman–Crippen MR) is 194 cm³/mol. The molecule has 5 nitrogen and oxygen atoms in total. The van der Waals surface area contributed by atoms with Crippen LogP contribution in [0, 0.1) is 18.8 Å². The van der Waals surface area contributed by atoms with Crippen molar-refractivity contribution in [2.24, 2.45) is 0 Å². The van der Waals surface area contributed by atoms with Gasteiger partial charge < -0.3 is 14.9 Å². The van der Waals surface area contributed by atoms with Crippen molar-refractivity contribution < 1.29 is 25.2 Å². The number of anilines is 2. The Labute approximate surface area is 300 Å². The molecule has 7 aromatic rings. The summed E-state index contributed by atoms with van der Waals surface area (Å²) in [4.78, 5) is 12.9. The summed E-state index contributed by atoms with van der Waals surface area (Å²) in [6.45, 7) is 1.90. The first kappa shape index (κ1) is 33.1. The van der Waals surface area contributed by atoms with Gasteiger partial charge in [0.15, 0.2) is 0 Å². The van der Waals surface area contributed by atoms with Gasteiger partial charge >= 0.3 is 20.1 Å². The van der Waals surface area contributed by atoms with Crippen molar-refractivity contribution in [2.45, 2.75) is 0 Å². The van der Waals surface area contributed by atoms with Crippen LogP contribution in [0.5, 0.6) is 5.75 Å². The second-order valence-corrected chi connectivity index (χ2v) is 11.0. The van der Waals surface area contributed by atoms with E-state index in [0.29, 0.717) is 0 Å². The van der Waals surface area contributed by atoms with Crippen LogP contribution in [0.15, 0.2) is 176 Å². The van der Waals surface area contributed by atoms with Crippen LogP contribution in [-0.4, -0.2) is 15.1 Å². The SMILES string of the molecule is Oc1ccccc1N1C=CN(c2[c-]cccc2)[CH-]1.[Ir+3].[c-]1c(-c2ccccn2)cc(-c2ccc(-c3ccccc3)cc2)cc1-c1ccccn1. The number of aromatic nitrogens is 2. The van der Waals surface area contributed by atoms with E-state index in [1.165, 1.54) is 11.1 Å². The molecule has 3 heterocycles. The Hall–Kier alpha value is -5.81. The molecule has 238 valence electrons. The largest absolute Gasteiger partial charge is 3.00 e. The van der Waals surface area contributed by atoms with Gasteiger partial charge in [-0.1, -0.05) is 108 Å². The van der Waals surface area contributed by atoms with Crippen molar-refractivity contribution >= 4 is 11.4 Å². The van der Waals surface area contributed by atoms with Gasteiger partial charge in [0.2, 0.25) is 0 Å². The molecule has 0 saturated heterocycles. The normalized spacial score (nSPS) is 11.8. The van der Waals surface area contributed by atoms with E-state index < -0.39 is 0 Å². The standard InChI is InChI=1S/C28H19N2.C15H12N2O.Ir/c1-2-8-21(9-3-1)22-12-14-23(15-13-22)24-18-25(27-10-4-6-16-29-27)20-26(19-24)28-11-5-7-17-30-28;18-15-9-5-4-8-14(15)17-11-10-16(12-17)13-6-2-1-3-7-13;/h1-19H;1-6,8-12,18H;/q-1;-2;+3. The molecule has 0 unspecified atom stereocenters. The first-order valence-corrected chi connectivity index (χ1v) is 15.6. The third-order valence-corrected chi connectivity index (χ3v) is 7.84. The summed E-state index contributed by atoms with van der Waals surface area (Å²) >= 11 is 0. The number of rotatable bonds is 6. The summed E-state index contributed by atoms with van der Waals surface area (Å²) in [5, 5.41) is 9.81. The van der Waals surface area contributed by atoms with Gasteiger partial charge in [0, 0.05) is 23.8 Å². The van der Waals surface area contributed by atoms with Gasteiger partial charge in [0.1, 0.15) is 5.75 Å². The molecule has 0 radical (unpaired) electrons. The van der Waals surface area contributed by atoms with E-state index in [-0.39, 0.29) is 25.9 Å². The predicted octanol–water partition coefficient (Wildman–Crippen LogP) is 10.1. The molecule has 0 spiro atoms. The van der Waals surface area contributed by atoms with E-state index in [2.05, 4.69) is 82.8 Å². The zero-order valence-electron chi connectivity index (χ0n) is 26.4. The summed E-state index contributed by atoms with van der Waals surface area (Å²) in [6.07, 6.45) is 7.45. The van der Waals surface area contributed by atoms with Crippen LogP contribution in [0.4, 0.5) is 11.4 Å². The van der Waals surface area contributed by atoms with Crippen molar-refractivity contribution in [3.63, 3.8) is 0 Å². The van der Waals surface area contributed by atoms with Gasteiger partial charge in [-0.2, -0.15) is 30.3 Å². The number of hydrogen-bond acceptors (Lipinski definition) is 5. The summed E-state index contributed by atoms with van der Waals surface area (Å²) in [7, 11) is 0. The summed E-state index contributed by atoms with van der Waals surface area (Å²) in [5.41, 5.74) is 10.1. The Balaban J connectivity index is 0.000000188. The average molecular weight is 812 g/mol. The monoisotopic (exact) mass is 812 g/mol. The zero-order valence-corrected chi connectivity index (χ0v) is 28.8. The molecule has 0 fully saturated rings. The summed E-state index contributed by atoms with van der Waals surface area (Å²) in [5.74, 6) is 0.261. The maximum Gasteiger partial charge on any atom is 3.00 e. The van der Waals surface area contributed by atoms with Gasteiger partial charge in [-0.05, 0) is 53.4 Å². The molecule has 5 aromatic carbocycles. The van der Waals surface area contributed by atoms with Crippen molar-refractivity contribution in [2.75, 3.05) is 9.80 Å². The number of benzene rings is 5. The molecule has 0 bridgehead atoms. The number of hydrogen-bond donors (Lipinski definition) is 1. The number of aromatic hydroxyl groups is 1. The first-order valence-electron chi connectivity index (χ1n) is 15.6. The molecule has 0 saturated carbocycles. The molecule has 2 aromatic heterocycles. The number of phenolic OH excluding ortho intramolecular Hbond substituents is 1. The second-order valence-electron chi connectivity index (χ2n) is 11.0. The van der Waals surface area contributed by atoms with E-state index in [4.69, 9.17) is 0 Å². The second kappa shape index (κ2) is 15.9. The third-order valence-electron chi connectivity index (χ3n) is 7.84. The topological polar surface area (TPSA) is 52.5 Å². The fourth-order valence-corrected chi connectivity index (χ4v) is 5.41. The number of phenols is 1. The minimum atomic E-state index is 0. The van der Waals surface area contributed by atoms with Gasteiger partial charge in [0.25, 0.3) is 0 Å². The molecule has 0 atom stereocenters. The Morgan fingerprint density at radius 1 is 0.531 bits per heavy atom. The van der Waals surface area contributed by atoms with Gasteiger partial charge in [-0.3, -0.25) is 9.97 Å². The maximum absolute atomic E-state index is 9.81. The van der Waals surface area contributed by atoms with Crippen molar-refractivity contribution in [1.29, 1.82) is 0 Å². The van der Waals surface area contributed by atoms with Crippen LogP contribution in [0.25, 0.3) is 44.8 Å². The van der Waals surface area contributed by atoms with E-state index in [1.807, 2.05) is 120 Å². The Kier molecular flexibility index (Phi) is 10.7. The van der Waals surface area contributed by atoms with Crippen molar-refractivity contribution in [3.05, 3.63) is 195 Å². The molecule has 1 aliphatic rings. The van der Waals surface area contributed by atoms with Crippen LogP contribution in [0.2, 0.25) is 0 Å². The quantitative estimate of drug-likeness (QED) is 0.170. The minimum absolute atomic E-state index is 0. The van der Waals surface area contributed by atoms with Gasteiger partial charge in [-0.15, -0.1) is 30.6 Å². The van der Waals surface area contributed by atoms with E-state index in [0.717, 1.165) is 45.0 Å². The number of para-hydroxylation sites is 3. The maximum atomic E-state index is 9.81. The molecule has 0 amide bonds. The molecule has 8 rings (SSSR count). The van der Waals surface area contributed by atoms with Crippen LogP contribution < -0.4 is 9.80 Å². The number of nitrogens with zero attached hydrogens (tertiary/aromatic N) is 4. The molecule has 1 aliphatic heterocycles. The average Bonchev–Trinajstić information content (AvgIpc) is 3.67. The minimum Gasteiger partial charge on any atom is -0.506 e. The Bertz CT molecular complexity index is 2050. The Morgan fingerprint density at radius 2 is 1.08 bits per heavy atom. The van der Waals surface area contributed by atoms with Crippen LogP contribution in [0.1, 0.15) is 0 Å². The van der Waals surface area contributed by atoms with E-state index in [9.17, 15) is 5.11 Å². The first-order chi connectivity index (χ1) is 23.7. The van der Waals surface area contributed by atoms with Crippen molar-refractivity contribution in [1.82, 2.24) is 9.97 Å². The molecule has 0 aliphatic carbocycles.